The molecule has 0 atom stereocenters. The number of esters is 1. The Hall–Kier alpha value is -1.93. The van der Waals surface area contributed by atoms with Gasteiger partial charge in [0.05, 0.1) is 29.6 Å². The zero-order chi connectivity index (χ0) is 17.8. The molecule has 128 valence electrons. The van der Waals surface area contributed by atoms with Crippen LogP contribution in [0, 0.1) is 0 Å². The van der Waals surface area contributed by atoms with Gasteiger partial charge in [-0.1, -0.05) is 0 Å². The Labute approximate surface area is 137 Å². The highest BCUT2D eigenvalue weighted by Crippen LogP contribution is 2.24. The number of carbonyl (C=O) groups is 1. The number of rotatable bonds is 5. The van der Waals surface area contributed by atoms with Crippen LogP contribution in [-0.2, 0) is 14.8 Å². The van der Waals surface area contributed by atoms with Crippen LogP contribution < -0.4 is 4.72 Å². The highest BCUT2D eigenvalue weighted by atomic mass is 32.2. The molecule has 0 spiro atoms. The van der Waals surface area contributed by atoms with E-state index >= 15 is 0 Å². The molecule has 1 aromatic carbocycles. The van der Waals surface area contributed by atoms with E-state index in [9.17, 15) is 13.2 Å². The Morgan fingerprint density at radius 3 is 2.39 bits per heavy atom. The van der Waals surface area contributed by atoms with Crippen LogP contribution in [0.15, 0.2) is 28.1 Å². The van der Waals surface area contributed by atoms with Gasteiger partial charge in [0.1, 0.15) is 0 Å². The van der Waals surface area contributed by atoms with E-state index in [1.807, 2.05) is 0 Å². The number of methoxy groups -OCH3 is 1. The average molecular weight is 341 g/mol. The third-order valence-electron chi connectivity index (χ3n) is 2.54. The number of carbonyl (C=O) groups excluding carboxylic acids is 1. The zero-order valence-corrected chi connectivity index (χ0v) is 15.1. The summed E-state index contributed by atoms with van der Waals surface area (Å²) < 4.78 is 32.4. The Bertz CT molecular complexity index is 704. The van der Waals surface area contributed by atoms with Crippen molar-refractivity contribution in [2.75, 3.05) is 21.2 Å². The summed E-state index contributed by atoms with van der Waals surface area (Å²) in [6, 6.07) is 4.30. The molecular formula is C15H23N3O4S. The second-order valence-corrected chi connectivity index (χ2v) is 7.89. The topological polar surface area (TPSA) is 88.1 Å². The maximum Gasteiger partial charge on any atom is 0.339 e. The van der Waals surface area contributed by atoms with Crippen LogP contribution in [-0.4, -0.2) is 52.4 Å². The van der Waals surface area contributed by atoms with Crippen LogP contribution >= 0.6 is 0 Å². The monoisotopic (exact) mass is 341 g/mol. The summed E-state index contributed by atoms with van der Waals surface area (Å²) >= 11 is 0. The lowest BCUT2D eigenvalue weighted by atomic mass is 10.1. The van der Waals surface area contributed by atoms with E-state index in [2.05, 4.69) is 14.5 Å². The molecule has 0 fully saturated rings. The average Bonchev–Trinajstić information content (AvgIpc) is 2.41. The molecule has 0 aromatic heterocycles. The van der Waals surface area contributed by atoms with Crippen molar-refractivity contribution in [2.45, 2.75) is 31.2 Å². The molecule has 0 amide bonds. The summed E-state index contributed by atoms with van der Waals surface area (Å²) in [5.41, 5.74) is -0.302. The van der Waals surface area contributed by atoms with E-state index in [-0.39, 0.29) is 10.5 Å². The van der Waals surface area contributed by atoms with Crippen molar-refractivity contribution in [1.82, 2.24) is 9.62 Å². The van der Waals surface area contributed by atoms with Crippen molar-refractivity contribution in [1.29, 1.82) is 0 Å². The number of aliphatic imine (C=N–C) groups is 1. The predicted molar refractivity (Wildman–Crippen MR) is 89.7 cm³/mol. The van der Waals surface area contributed by atoms with Crippen LogP contribution in [0.5, 0.6) is 0 Å². The van der Waals surface area contributed by atoms with Crippen LogP contribution in [0.3, 0.4) is 0 Å². The van der Waals surface area contributed by atoms with Crippen molar-refractivity contribution in [2.24, 2.45) is 4.99 Å². The van der Waals surface area contributed by atoms with E-state index in [1.165, 1.54) is 19.2 Å². The van der Waals surface area contributed by atoms with Gasteiger partial charge in [0.2, 0.25) is 10.0 Å². The van der Waals surface area contributed by atoms with Crippen LogP contribution in [0.4, 0.5) is 5.69 Å². The van der Waals surface area contributed by atoms with Gasteiger partial charge in [-0.2, -0.15) is 0 Å². The van der Waals surface area contributed by atoms with E-state index in [0.717, 1.165) is 0 Å². The first-order valence-corrected chi connectivity index (χ1v) is 8.41. The maximum absolute atomic E-state index is 12.6. The van der Waals surface area contributed by atoms with Gasteiger partial charge in [0.25, 0.3) is 0 Å². The van der Waals surface area contributed by atoms with Gasteiger partial charge in [0.15, 0.2) is 0 Å². The van der Waals surface area contributed by atoms with Gasteiger partial charge in [-0.15, -0.1) is 0 Å². The molecule has 0 aliphatic carbocycles. The first-order chi connectivity index (χ1) is 10.5. The summed E-state index contributed by atoms with van der Waals surface area (Å²) in [5, 5.41) is 0. The second kappa shape index (κ2) is 7.10. The molecular weight excluding hydrogens is 318 g/mol. The minimum atomic E-state index is -3.90. The lowest BCUT2D eigenvalue weighted by Gasteiger charge is -2.21. The fourth-order valence-electron chi connectivity index (χ4n) is 1.73. The number of benzene rings is 1. The predicted octanol–water partition coefficient (Wildman–Crippen LogP) is 1.77. The minimum absolute atomic E-state index is 0.0342. The van der Waals surface area contributed by atoms with Crippen molar-refractivity contribution >= 4 is 28.0 Å². The van der Waals surface area contributed by atoms with E-state index in [0.29, 0.717) is 5.69 Å². The van der Waals surface area contributed by atoms with Gasteiger partial charge in [-0.3, -0.25) is 0 Å². The molecule has 0 bridgehead atoms. The summed E-state index contributed by atoms with van der Waals surface area (Å²) in [6.45, 7) is 5.16. The normalized spacial score (nSPS) is 12.4. The largest absolute Gasteiger partial charge is 0.465 e. The Morgan fingerprint density at radius 1 is 1.30 bits per heavy atom. The molecule has 1 aromatic rings. The summed E-state index contributed by atoms with van der Waals surface area (Å²) in [6.07, 6.45) is 1.54. The van der Waals surface area contributed by atoms with E-state index in [4.69, 9.17) is 0 Å². The van der Waals surface area contributed by atoms with Gasteiger partial charge < -0.3 is 9.64 Å². The molecule has 0 aliphatic rings. The van der Waals surface area contributed by atoms with E-state index < -0.39 is 21.5 Å². The zero-order valence-electron chi connectivity index (χ0n) is 14.2. The molecule has 8 heteroatoms. The summed E-state index contributed by atoms with van der Waals surface area (Å²) in [4.78, 5) is 17.6. The van der Waals surface area contributed by atoms with Crippen LogP contribution in [0.1, 0.15) is 31.1 Å². The molecule has 0 saturated heterocycles. The molecule has 1 rings (SSSR count). The van der Waals surface area contributed by atoms with E-state index in [1.54, 1.807) is 52.2 Å². The molecule has 0 heterocycles. The summed E-state index contributed by atoms with van der Waals surface area (Å²) in [5.74, 6) is -0.720. The molecule has 0 unspecified atom stereocenters. The lowest BCUT2D eigenvalue weighted by molar-refractivity contribution is 0.0596. The highest BCUT2D eigenvalue weighted by Gasteiger charge is 2.27. The Kier molecular flexibility index (Phi) is 5.90. The quantitative estimate of drug-likeness (QED) is 0.501. The molecule has 0 saturated carbocycles. The molecule has 23 heavy (non-hydrogen) atoms. The van der Waals surface area contributed by atoms with Crippen molar-refractivity contribution in [3.8, 4) is 0 Å². The maximum atomic E-state index is 12.6. The van der Waals surface area contributed by atoms with Crippen LogP contribution in [0.25, 0.3) is 0 Å². The number of hydrogen-bond acceptors (Lipinski definition) is 5. The van der Waals surface area contributed by atoms with Crippen LogP contribution in [0.2, 0.25) is 0 Å². The SMILES string of the molecule is COC(=O)c1ccc(N=CN(C)C)cc1S(=O)(=O)NC(C)(C)C. The van der Waals surface area contributed by atoms with Gasteiger partial charge in [-0.25, -0.2) is 22.9 Å². The number of ether oxygens (including phenoxy) is 1. The molecule has 1 N–H and O–H groups in total. The second-order valence-electron chi connectivity index (χ2n) is 6.24. The van der Waals surface area contributed by atoms with Crippen molar-refractivity contribution in [3.05, 3.63) is 23.8 Å². The number of nitrogens with one attached hydrogen (secondary N) is 1. The number of sulfonamides is 1. The van der Waals surface area contributed by atoms with Gasteiger partial charge in [0, 0.05) is 19.6 Å². The minimum Gasteiger partial charge on any atom is -0.465 e. The number of nitrogens with zero attached hydrogens (tertiary/aromatic N) is 2. The first-order valence-electron chi connectivity index (χ1n) is 6.93. The molecule has 7 nitrogen and oxygen atoms in total. The smallest absolute Gasteiger partial charge is 0.339 e. The standard InChI is InChI=1S/C15H23N3O4S/c1-15(2,3)17-23(20,21)13-9-11(16-10-18(4)5)7-8-12(13)14(19)22-6/h7-10,17H,1-6H3. The Balaban J connectivity index is 3.45. The van der Waals surface area contributed by atoms with Gasteiger partial charge in [-0.05, 0) is 39.0 Å². The molecule has 0 aliphatic heterocycles. The highest BCUT2D eigenvalue weighted by molar-refractivity contribution is 7.89. The third kappa shape index (κ3) is 5.65. The van der Waals surface area contributed by atoms with Crippen molar-refractivity contribution < 1.29 is 17.9 Å². The fraction of sp³-hybridized carbons (Fsp3) is 0.467. The summed E-state index contributed by atoms with van der Waals surface area (Å²) in [7, 11) is 0.893. The number of hydrogen-bond donors (Lipinski definition) is 1. The van der Waals surface area contributed by atoms with Crippen molar-refractivity contribution in [3.63, 3.8) is 0 Å². The molecule has 0 radical (unpaired) electrons. The lowest BCUT2D eigenvalue weighted by Crippen LogP contribution is -2.41. The fourth-order valence-corrected chi connectivity index (χ4v) is 3.37. The van der Waals surface area contributed by atoms with Gasteiger partial charge >= 0.3 is 5.97 Å². The first kappa shape index (κ1) is 19.1. The Morgan fingerprint density at radius 2 is 1.91 bits per heavy atom. The third-order valence-corrected chi connectivity index (χ3v) is 4.34.